The van der Waals surface area contributed by atoms with Crippen molar-refractivity contribution in [2.75, 3.05) is 7.11 Å². The smallest absolute Gasteiger partial charge is 0.303 e. The molecule has 0 rings (SSSR count). The van der Waals surface area contributed by atoms with Gasteiger partial charge in [0.2, 0.25) is 0 Å². The first-order valence-corrected chi connectivity index (χ1v) is 8.84. The lowest BCUT2D eigenvalue weighted by Gasteiger charge is -2.18. The van der Waals surface area contributed by atoms with Gasteiger partial charge >= 0.3 is 5.97 Å². The van der Waals surface area contributed by atoms with Crippen LogP contribution in [0.1, 0.15) is 71.1 Å². The van der Waals surface area contributed by atoms with E-state index >= 15 is 0 Å². The first kappa shape index (κ1) is 21.9. The van der Waals surface area contributed by atoms with E-state index in [9.17, 15) is 9.90 Å². The second-order valence-corrected chi connectivity index (χ2v) is 5.86. The molecule has 134 valence electrons. The fraction of sp³-hybridized carbons (Fsp3) is 0.737. The largest absolute Gasteiger partial charge is 0.481 e. The van der Waals surface area contributed by atoms with E-state index in [0.717, 1.165) is 44.9 Å². The zero-order chi connectivity index (χ0) is 17.3. The second-order valence-electron chi connectivity index (χ2n) is 5.86. The summed E-state index contributed by atoms with van der Waals surface area (Å²) in [6.45, 7) is 2.01. The van der Waals surface area contributed by atoms with E-state index in [0.29, 0.717) is 12.8 Å². The summed E-state index contributed by atoms with van der Waals surface area (Å²) in [4.78, 5) is 10.3. The summed E-state index contributed by atoms with van der Waals surface area (Å²) >= 11 is 0. The monoisotopic (exact) mass is 326 g/mol. The van der Waals surface area contributed by atoms with Crippen LogP contribution in [0, 0.1) is 0 Å². The molecule has 0 aliphatic heterocycles. The van der Waals surface area contributed by atoms with E-state index in [2.05, 4.69) is 18.2 Å². The molecule has 2 N–H and O–H groups in total. The van der Waals surface area contributed by atoms with E-state index in [4.69, 9.17) is 9.84 Å². The molecule has 4 nitrogen and oxygen atoms in total. The van der Waals surface area contributed by atoms with Crippen molar-refractivity contribution in [1.82, 2.24) is 0 Å². The molecular weight excluding hydrogens is 292 g/mol. The highest BCUT2D eigenvalue weighted by molar-refractivity contribution is 5.66. The van der Waals surface area contributed by atoms with Gasteiger partial charge < -0.3 is 14.9 Å². The summed E-state index contributed by atoms with van der Waals surface area (Å²) in [6, 6.07) is 0. The zero-order valence-electron chi connectivity index (χ0n) is 14.7. The Morgan fingerprint density at radius 2 is 1.70 bits per heavy atom. The van der Waals surface area contributed by atoms with Crippen LogP contribution in [-0.2, 0) is 9.53 Å². The highest BCUT2D eigenvalue weighted by Crippen LogP contribution is 2.09. The number of methoxy groups -OCH3 is 1. The van der Waals surface area contributed by atoms with Crippen LogP contribution in [0.25, 0.3) is 0 Å². The summed E-state index contributed by atoms with van der Waals surface area (Å²) in [5.74, 6) is -0.694. The third kappa shape index (κ3) is 14.2. The number of hydrogen-bond donors (Lipinski definition) is 2. The second kappa shape index (κ2) is 15.8. The van der Waals surface area contributed by atoms with E-state index < -0.39 is 12.1 Å². The van der Waals surface area contributed by atoms with Crippen molar-refractivity contribution in [3.05, 3.63) is 24.3 Å². The summed E-state index contributed by atoms with van der Waals surface area (Å²) < 4.78 is 5.20. The molecule has 0 aliphatic rings. The number of hydrogen-bond acceptors (Lipinski definition) is 3. The molecule has 2 atom stereocenters. The molecule has 0 bridgehead atoms. The fourth-order valence-corrected chi connectivity index (χ4v) is 2.44. The molecule has 0 unspecified atom stereocenters. The van der Waals surface area contributed by atoms with Crippen LogP contribution in [0.2, 0.25) is 0 Å². The minimum atomic E-state index is -0.694. The highest BCUT2D eigenvalue weighted by atomic mass is 16.5. The third-order valence-electron chi connectivity index (χ3n) is 3.88. The number of carboxylic acid groups (broad SMARTS) is 1. The molecule has 23 heavy (non-hydrogen) atoms. The molecule has 4 heteroatoms. The SMILES string of the molecule is CC[C@@H](OC)[C@H](O)C/C=C\C/C=C\CCCCCCCC(=O)O. The average molecular weight is 326 g/mol. The molecule has 0 aliphatic carbocycles. The Kier molecular flexibility index (Phi) is 15.0. The van der Waals surface area contributed by atoms with E-state index in [1.807, 2.05) is 13.0 Å². The number of unbranched alkanes of at least 4 members (excludes halogenated alkanes) is 5. The van der Waals surface area contributed by atoms with Gasteiger partial charge in [-0.15, -0.1) is 0 Å². The first-order valence-electron chi connectivity index (χ1n) is 8.84. The Bertz CT molecular complexity index is 332. The predicted octanol–water partition coefficient (Wildman–Crippen LogP) is 4.48. The van der Waals surface area contributed by atoms with Gasteiger partial charge in [0.05, 0.1) is 12.2 Å². The third-order valence-corrected chi connectivity index (χ3v) is 3.88. The minimum Gasteiger partial charge on any atom is -0.481 e. The number of aliphatic carboxylic acids is 1. The Labute approximate surface area is 141 Å². The van der Waals surface area contributed by atoms with Gasteiger partial charge in [-0.3, -0.25) is 4.79 Å². The summed E-state index contributed by atoms with van der Waals surface area (Å²) in [5, 5.41) is 18.4. The topological polar surface area (TPSA) is 66.8 Å². The van der Waals surface area contributed by atoms with Crippen LogP contribution in [0.15, 0.2) is 24.3 Å². The summed E-state index contributed by atoms with van der Waals surface area (Å²) in [6.07, 6.45) is 16.9. The number of carboxylic acids is 1. The lowest BCUT2D eigenvalue weighted by Crippen LogP contribution is -2.26. The molecule has 0 spiro atoms. The number of aliphatic hydroxyl groups excluding tert-OH is 1. The van der Waals surface area contributed by atoms with Gasteiger partial charge in [0.15, 0.2) is 0 Å². The van der Waals surface area contributed by atoms with Crippen molar-refractivity contribution in [2.24, 2.45) is 0 Å². The Morgan fingerprint density at radius 3 is 2.35 bits per heavy atom. The average Bonchev–Trinajstić information content (AvgIpc) is 2.52. The van der Waals surface area contributed by atoms with Crippen molar-refractivity contribution in [3.8, 4) is 0 Å². The Morgan fingerprint density at radius 1 is 1.04 bits per heavy atom. The molecule has 0 heterocycles. The van der Waals surface area contributed by atoms with Crippen LogP contribution < -0.4 is 0 Å². The molecule has 0 saturated carbocycles. The molecule has 0 aromatic carbocycles. The quantitative estimate of drug-likeness (QED) is 0.344. The lowest BCUT2D eigenvalue weighted by atomic mass is 10.1. The number of rotatable bonds is 15. The molecule has 0 aromatic rings. The first-order chi connectivity index (χ1) is 11.1. The van der Waals surface area contributed by atoms with Gasteiger partial charge in [0.1, 0.15) is 0 Å². The highest BCUT2D eigenvalue weighted by Gasteiger charge is 2.14. The Balaban J connectivity index is 3.46. The molecule has 0 fully saturated rings. The molecule has 0 saturated heterocycles. The van der Waals surface area contributed by atoms with Crippen molar-refractivity contribution in [3.63, 3.8) is 0 Å². The maximum Gasteiger partial charge on any atom is 0.303 e. The van der Waals surface area contributed by atoms with Gasteiger partial charge in [0.25, 0.3) is 0 Å². The molecular formula is C19H34O4. The molecule has 0 radical (unpaired) electrons. The number of ether oxygens (including phenoxy) is 1. The Hall–Kier alpha value is -1.13. The lowest BCUT2D eigenvalue weighted by molar-refractivity contribution is -0.137. The van der Waals surface area contributed by atoms with Crippen LogP contribution in [0.3, 0.4) is 0 Å². The standard InChI is InChI=1S/C19H34O4/c1-3-18(23-2)17(20)15-13-11-9-7-5-4-6-8-10-12-14-16-19(21)22/h5,7,11,13,17-18,20H,3-4,6,8-10,12,14-16H2,1-2H3,(H,21,22)/b7-5-,13-11-/t17-,18-/m1/s1. The maximum absolute atomic E-state index is 10.3. The van der Waals surface area contributed by atoms with Crippen molar-refractivity contribution in [1.29, 1.82) is 0 Å². The van der Waals surface area contributed by atoms with Crippen LogP contribution in [0.5, 0.6) is 0 Å². The van der Waals surface area contributed by atoms with Crippen LogP contribution in [0.4, 0.5) is 0 Å². The number of carbonyl (C=O) groups is 1. The van der Waals surface area contributed by atoms with Crippen molar-refractivity contribution in [2.45, 2.75) is 83.3 Å². The predicted molar refractivity (Wildman–Crippen MR) is 94.6 cm³/mol. The van der Waals surface area contributed by atoms with Gasteiger partial charge in [-0.2, -0.15) is 0 Å². The summed E-state index contributed by atoms with van der Waals surface area (Å²) in [7, 11) is 1.63. The van der Waals surface area contributed by atoms with Gasteiger partial charge in [-0.05, 0) is 38.5 Å². The van der Waals surface area contributed by atoms with Gasteiger partial charge in [-0.25, -0.2) is 0 Å². The van der Waals surface area contributed by atoms with Crippen LogP contribution >= 0.6 is 0 Å². The maximum atomic E-state index is 10.3. The summed E-state index contributed by atoms with van der Waals surface area (Å²) in [5.41, 5.74) is 0. The molecule has 0 aromatic heterocycles. The fourth-order valence-electron chi connectivity index (χ4n) is 2.44. The van der Waals surface area contributed by atoms with Gasteiger partial charge in [-0.1, -0.05) is 50.5 Å². The number of allylic oxidation sites excluding steroid dienone is 3. The van der Waals surface area contributed by atoms with Crippen molar-refractivity contribution < 1.29 is 19.7 Å². The van der Waals surface area contributed by atoms with Crippen LogP contribution in [-0.4, -0.2) is 35.5 Å². The zero-order valence-corrected chi connectivity index (χ0v) is 14.7. The minimum absolute atomic E-state index is 0.0781. The number of aliphatic hydroxyl groups is 1. The normalized spacial score (nSPS) is 14.6. The van der Waals surface area contributed by atoms with E-state index in [1.165, 1.54) is 6.42 Å². The molecule has 0 amide bonds. The van der Waals surface area contributed by atoms with E-state index in [1.54, 1.807) is 7.11 Å². The van der Waals surface area contributed by atoms with Crippen molar-refractivity contribution >= 4 is 5.97 Å². The van der Waals surface area contributed by atoms with Gasteiger partial charge in [0, 0.05) is 13.5 Å². The van der Waals surface area contributed by atoms with E-state index in [-0.39, 0.29) is 6.10 Å².